The van der Waals surface area contributed by atoms with Crippen LogP contribution in [0.15, 0.2) is 23.4 Å². The molecule has 1 amide bonds. The fourth-order valence-corrected chi connectivity index (χ4v) is 2.17. The predicted octanol–water partition coefficient (Wildman–Crippen LogP) is 0.499. The van der Waals surface area contributed by atoms with Crippen molar-refractivity contribution >= 4 is 17.6 Å². The van der Waals surface area contributed by atoms with Crippen LogP contribution in [-0.4, -0.2) is 42.1 Å². The molecule has 22 heavy (non-hydrogen) atoms. The van der Waals surface area contributed by atoms with E-state index in [1.165, 1.54) is 0 Å². The van der Waals surface area contributed by atoms with Crippen LogP contribution in [0.3, 0.4) is 0 Å². The van der Waals surface area contributed by atoms with Crippen LogP contribution in [0.5, 0.6) is 11.5 Å². The number of oxime groups is 1. The zero-order chi connectivity index (χ0) is 15.5. The highest BCUT2D eigenvalue weighted by Gasteiger charge is 2.29. The summed E-state index contributed by atoms with van der Waals surface area (Å²) in [5.74, 6) is -0.0357. The number of hydrogen-bond acceptors (Lipinski definition) is 6. The smallest absolute Gasteiger partial charge is 0.305 e. The van der Waals surface area contributed by atoms with Gasteiger partial charge in [0, 0.05) is 18.5 Å². The van der Waals surface area contributed by atoms with E-state index in [1.54, 1.807) is 12.1 Å². The van der Waals surface area contributed by atoms with E-state index in [4.69, 9.17) is 19.4 Å². The summed E-state index contributed by atoms with van der Waals surface area (Å²) in [4.78, 5) is 27.4. The minimum absolute atomic E-state index is 0.0629. The van der Waals surface area contributed by atoms with E-state index in [0.29, 0.717) is 23.6 Å². The van der Waals surface area contributed by atoms with E-state index in [1.807, 2.05) is 6.07 Å². The van der Waals surface area contributed by atoms with Gasteiger partial charge < -0.3 is 24.7 Å². The van der Waals surface area contributed by atoms with Crippen molar-refractivity contribution in [1.82, 2.24) is 5.32 Å². The molecule has 0 spiro atoms. The summed E-state index contributed by atoms with van der Waals surface area (Å²) in [6.07, 6.45) is -0.554. The van der Waals surface area contributed by atoms with Gasteiger partial charge in [0.2, 0.25) is 12.9 Å². The summed E-state index contributed by atoms with van der Waals surface area (Å²) >= 11 is 0. The summed E-state index contributed by atoms with van der Waals surface area (Å²) in [6.45, 7) is 0.254. The molecule has 2 aliphatic heterocycles. The SMILES string of the molecule is O=C(O)CCNC(=O)C1CC(c2ccc3c(c2)OCO3)=NO1. The number of rotatable bonds is 5. The number of benzene rings is 1. The largest absolute Gasteiger partial charge is 0.481 e. The lowest BCUT2D eigenvalue weighted by atomic mass is 10.0. The van der Waals surface area contributed by atoms with Gasteiger partial charge in [0.15, 0.2) is 11.5 Å². The Morgan fingerprint density at radius 2 is 2.14 bits per heavy atom. The maximum atomic E-state index is 11.8. The zero-order valence-electron chi connectivity index (χ0n) is 11.6. The average Bonchev–Trinajstić information content (AvgIpc) is 3.15. The highest BCUT2D eigenvalue weighted by Crippen LogP contribution is 2.33. The van der Waals surface area contributed by atoms with Gasteiger partial charge in [0.05, 0.1) is 12.1 Å². The highest BCUT2D eigenvalue weighted by molar-refractivity contribution is 6.04. The number of aliphatic carboxylic acids is 1. The minimum atomic E-state index is -0.968. The summed E-state index contributed by atoms with van der Waals surface area (Å²) in [6, 6.07) is 5.39. The fraction of sp³-hybridized carbons (Fsp3) is 0.357. The Bertz CT molecular complexity index is 642. The fourth-order valence-electron chi connectivity index (χ4n) is 2.17. The van der Waals surface area contributed by atoms with E-state index in [0.717, 1.165) is 5.56 Å². The normalized spacial score (nSPS) is 18.5. The number of amides is 1. The number of nitrogens with zero attached hydrogens (tertiary/aromatic N) is 1. The summed E-state index contributed by atoms with van der Waals surface area (Å²) in [5.41, 5.74) is 1.43. The zero-order valence-corrected chi connectivity index (χ0v) is 11.6. The number of carboxylic acid groups (broad SMARTS) is 1. The van der Waals surface area contributed by atoms with E-state index in [-0.39, 0.29) is 25.7 Å². The first-order chi connectivity index (χ1) is 10.6. The molecule has 8 nitrogen and oxygen atoms in total. The Balaban J connectivity index is 1.57. The third kappa shape index (κ3) is 2.95. The Hall–Kier alpha value is -2.77. The summed E-state index contributed by atoms with van der Waals surface area (Å²) in [7, 11) is 0. The van der Waals surface area contributed by atoms with Gasteiger partial charge in [-0.25, -0.2) is 0 Å². The second-order valence-corrected chi connectivity index (χ2v) is 4.84. The molecule has 0 aliphatic carbocycles. The number of hydrogen-bond donors (Lipinski definition) is 2. The molecule has 1 aromatic carbocycles. The van der Waals surface area contributed by atoms with Crippen LogP contribution in [0, 0.1) is 0 Å². The van der Waals surface area contributed by atoms with Gasteiger partial charge >= 0.3 is 5.97 Å². The second-order valence-electron chi connectivity index (χ2n) is 4.84. The van der Waals surface area contributed by atoms with Crippen LogP contribution in [-0.2, 0) is 14.4 Å². The Labute approximate surface area is 125 Å². The molecule has 3 rings (SSSR count). The first-order valence-corrected chi connectivity index (χ1v) is 6.75. The standard InChI is InChI=1S/C14H14N2O6/c17-13(18)3-4-15-14(19)12-6-9(16-22-12)8-1-2-10-11(5-8)21-7-20-10/h1-2,5,12H,3-4,6-7H2,(H,15,19)(H,17,18). The molecule has 0 fully saturated rings. The van der Waals surface area contributed by atoms with Gasteiger partial charge in [0.1, 0.15) is 0 Å². The van der Waals surface area contributed by atoms with Crippen LogP contribution < -0.4 is 14.8 Å². The third-order valence-corrected chi connectivity index (χ3v) is 3.31. The number of carboxylic acids is 1. The molecule has 0 radical (unpaired) electrons. The number of ether oxygens (including phenoxy) is 2. The first kappa shape index (κ1) is 14.2. The third-order valence-electron chi connectivity index (χ3n) is 3.31. The maximum absolute atomic E-state index is 11.8. The van der Waals surface area contributed by atoms with Crippen molar-refractivity contribution in [2.24, 2.45) is 5.16 Å². The lowest BCUT2D eigenvalue weighted by Crippen LogP contribution is -2.36. The van der Waals surface area contributed by atoms with Crippen molar-refractivity contribution in [3.63, 3.8) is 0 Å². The quantitative estimate of drug-likeness (QED) is 0.820. The topological polar surface area (TPSA) is 106 Å². The molecule has 116 valence electrons. The number of carbonyl (C=O) groups is 2. The lowest BCUT2D eigenvalue weighted by molar-refractivity contribution is -0.137. The van der Waals surface area contributed by atoms with E-state index in [9.17, 15) is 9.59 Å². The maximum Gasteiger partial charge on any atom is 0.305 e. The van der Waals surface area contributed by atoms with Crippen LogP contribution in [0.1, 0.15) is 18.4 Å². The molecule has 0 saturated carbocycles. The molecule has 2 heterocycles. The van der Waals surface area contributed by atoms with Crippen molar-refractivity contribution in [2.75, 3.05) is 13.3 Å². The van der Waals surface area contributed by atoms with E-state index < -0.39 is 12.1 Å². The molecule has 8 heteroatoms. The Morgan fingerprint density at radius 3 is 2.95 bits per heavy atom. The minimum Gasteiger partial charge on any atom is -0.481 e. The van der Waals surface area contributed by atoms with Crippen LogP contribution in [0.4, 0.5) is 0 Å². The molecule has 0 saturated heterocycles. The lowest BCUT2D eigenvalue weighted by Gasteiger charge is -2.08. The highest BCUT2D eigenvalue weighted by atomic mass is 16.7. The number of carbonyl (C=O) groups excluding carboxylic acids is 1. The molecule has 1 atom stereocenters. The van der Waals surface area contributed by atoms with Gasteiger partial charge in [-0.1, -0.05) is 5.16 Å². The molecular formula is C14H14N2O6. The van der Waals surface area contributed by atoms with Crippen LogP contribution in [0.25, 0.3) is 0 Å². The summed E-state index contributed by atoms with van der Waals surface area (Å²) in [5, 5.41) is 15.0. The molecule has 0 bridgehead atoms. The van der Waals surface area contributed by atoms with Gasteiger partial charge in [0.25, 0.3) is 5.91 Å². The van der Waals surface area contributed by atoms with Crippen LogP contribution >= 0.6 is 0 Å². The predicted molar refractivity (Wildman–Crippen MR) is 73.9 cm³/mol. The molecule has 2 aliphatic rings. The van der Waals surface area contributed by atoms with Gasteiger partial charge in [-0.15, -0.1) is 0 Å². The summed E-state index contributed by atoms with van der Waals surface area (Å²) < 4.78 is 10.5. The van der Waals surface area contributed by atoms with Crippen molar-refractivity contribution in [1.29, 1.82) is 0 Å². The van der Waals surface area contributed by atoms with Crippen LogP contribution in [0.2, 0.25) is 0 Å². The first-order valence-electron chi connectivity index (χ1n) is 6.75. The van der Waals surface area contributed by atoms with E-state index >= 15 is 0 Å². The van der Waals surface area contributed by atoms with Gasteiger partial charge in [-0.05, 0) is 18.2 Å². The number of fused-ring (bicyclic) bond motifs is 1. The van der Waals surface area contributed by atoms with E-state index in [2.05, 4.69) is 10.5 Å². The average molecular weight is 306 g/mol. The molecule has 1 aromatic rings. The molecule has 0 aromatic heterocycles. The Kier molecular flexibility index (Phi) is 3.82. The van der Waals surface area contributed by atoms with Crippen molar-refractivity contribution in [3.05, 3.63) is 23.8 Å². The molecular weight excluding hydrogens is 292 g/mol. The second kappa shape index (κ2) is 5.92. The monoisotopic (exact) mass is 306 g/mol. The number of nitrogens with one attached hydrogen (secondary N) is 1. The Morgan fingerprint density at radius 1 is 1.32 bits per heavy atom. The molecule has 2 N–H and O–H groups in total. The molecule has 1 unspecified atom stereocenters. The van der Waals surface area contributed by atoms with Gasteiger partial charge in [-0.2, -0.15) is 0 Å². The van der Waals surface area contributed by atoms with Crippen molar-refractivity contribution in [3.8, 4) is 11.5 Å². The van der Waals surface area contributed by atoms with Gasteiger partial charge in [-0.3, -0.25) is 9.59 Å². The van der Waals surface area contributed by atoms with Crippen molar-refractivity contribution in [2.45, 2.75) is 18.9 Å². The van der Waals surface area contributed by atoms with Crippen molar-refractivity contribution < 1.29 is 29.0 Å².